The molecule has 2 unspecified atom stereocenters. The molecule has 2 N–H and O–H groups in total. The molecule has 0 spiro atoms. The third kappa shape index (κ3) is 5.54. The summed E-state index contributed by atoms with van der Waals surface area (Å²) in [6.07, 6.45) is -5.05. The number of halogens is 10. The predicted octanol–water partition coefficient (Wildman–Crippen LogP) is 8.21. The van der Waals surface area contributed by atoms with Crippen LogP contribution in [0, 0.1) is 23.4 Å². The van der Waals surface area contributed by atoms with Gasteiger partial charge in [0.25, 0.3) is 5.91 Å². The van der Waals surface area contributed by atoms with Gasteiger partial charge in [-0.1, -0.05) is 29.3 Å². The number of hydrogen-bond donors (Lipinski definition) is 2. The first kappa shape index (κ1) is 28.4. The van der Waals surface area contributed by atoms with Crippen molar-refractivity contribution < 1.29 is 35.9 Å². The Kier molecular flexibility index (Phi) is 7.57. The van der Waals surface area contributed by atoms with Crippen LogP contribution in [0.5, 0.6) is 0 Å². The fourth-order valence-electron chi connectivity index (χ4n) is 3.84. The summed E-state index contributed by atoms with van der Waals surface area (Å²) in [4.78, 5) is 25.6. The quantitative estimate of drug-likeness (QED) is 0.224. The van der Waals surface area contributed by atoms with Gasteiger partial charge < -0.3 is 10.6 Å². The van der Waals surface area contributed by atoms with E-state index in [0.29, 0.717) is 17.7 Å². The summed E-state index contributed by atoms with van der Waals surface area (Å²) in [5.74, 6) is -7.08. The molecule has 1 aliphatic rings. The van der Waals surface area contributed by atoms with Crippen LogP contribution in [0.1, 0.15) is 27.4 Å². The fraction of sp³-hybridized carbons (Fsp3) is 0.167. The van der Waals surface area contributed by atoms with Crippen LogP contribution in [-0.2, 0) is 11.0 Å². The van der Waals surface area contributed by atoms with Crippen molar-refractivity contribution in [1.82, 2.24) is 0 Å². The number of nitrogens with one attached hydrogen (secondary N) is 2. The van der Waals surface area contributed by atoms with E-state index >= 15 is 0 Å². The molecule has 38 heavy (non-hydrogen) atoms. The van der Waals surface area contributed by atoms with E-state index in [1.807, 2.05) is 5.32 Å². The molecule has 1 fully saturated rings. The molecule has 0 radical (unpaired) electrons. The van der Waals surface area contributed by atoms with Crippen LogP contribution in [0.2, 0.25) is 10.0 Å². The fourth-order valence-corrected chi connectivity index (χ4v) is 5.16. The Morgan fingerprint density at radius 3 is 2.16 bits per heavy atom. The largest absolute Gasteiger partial charge is 0.417 e. The van der Waals surface area contributed by atoms with E-state index in [9.17, 15) is 35.9 Å². The van der Waals surface area contributed by atoms with Crippen LogP contribution >= 0.6 is 46.4 Å². The van der Waals surface area contributed by atoms with Gasteiger partial charge >= 0.3 is 6.18 Å². The molecule has 14 heteroatoms. The zero-order chi connectivity index (χ0) is 28.2. The van der Waals surface area contributed by atoms with Gasteiger partial charge in [-0.15, -0.1) is 23.2 Å². The molecule has 0 bridgehead atoms. The Morgan fingerprint density at radius 1 is 0.868 bits per heavy atom. The third-order valence-corrected chi connectivity index (χ3v) is 7.35. The standard InChI is InChI=1S/C24H12Cl4F6N2O2/c25-14-5-9(1-3-15(14)30)18-19(23(18,27)28)22(38)35-11-7-12(20(26)13(8-11)24(32,33)34)21(37)36-17-4-2-10(29)6-16(17)31/h1-8,18-19H,(H,35,38)(H,36,37). The van der Waals surface area contributed by atoms with Crippen LogP contribution in [-0.4, -0.2) is 16.1 Å². The molecular formula is C24H12Cl4F6N2O2. The zero-order valence-electron chi connectivity index (χ0n) is 18.4. The second-order valence-corrected chi connectivity index (χ2v) is 10.5. The minimum atomic E-state index is -5.05. The molecule has 200 valence electrons. The minimum Gasteiger partial charge on any atom is -0.326 e. The number of anilines is 2. The summed E-state index contributed by atoms with van der Waals surface area (Å²) in [6.45, 7) is 0. The van der Waals surface area contributed by atoms with Crippen molar-refractivity contribution in [3.63, 3.8) is 0 Å². The van der Waals surface area contributed by atoms with E-state index in [1.54, 1.807) is 0 Å². The van der Waals surface area contributed by atoms with Gasteiger partial charge in [-0.2, -0.15) is 13.2 Å². The lowest BCUT2D eigenvalue weighted by Gasteiger charge is -2.16. The zero-order valence-corrected chi connectivity index (χ0v) is 21.4. The van der Waals surface area contributed by atoms with E-state index in [1.165, 1.54) is 12.1 Å². The van der Waals surface area contributed by atoms with E-state index in [2.05, 4.69) is 5.32 Å². The van der Waals surface area contributed by atoms with E-state index in [-0.39, 0.29) is 5.02 Å². The molecule has 0 saturated heterocycles. The summed E-state index contributed by atoms with van der Waals surface area (Å²) in [5, 5.41) is 2.96. The first-order valence-electron chi connectivity index (χ1n) is 10.4. The monoisotopic (exact) mass is 614 g/mol. The average Bonchev–Trinajstić information content (AvgIpc) is 3.39. The van der Waals surface area contributed by atoms with Crippen molar-refractivity contribution in [2.24, 2.45) is 5.92 Å². The van der Waals surface area contributed by atoms with Gasteiger partial charge in [0.05, 0.1) is 32.8 Å². The average molecular weight is 616 g/mol. The number of carbonyl (C=O) groups excluding carboxylic acids is 2. The van der Waals surface area contributed by atoms with Gasteiger partial charge in [0.1, 0.15) is 21.8 Å². The van der Waals surface area contributed by atoms with E-state index in [0.717, 1.165) is 24.3 Å². The Labute approximate surface area is 230 Å². The van der Waals surface area contributed by atoms with Crippen LogP contribution in [0.3, 0.4) is 0 Å². The number of carbonyl (C=O) groups is 2. The molecule has 3 aromatic rings. The molecule has 4 nitrogen and oxygen atoms in total. The molecular weight excluding hydrogens is 604 g/mol. The van der Waals surface area contributed by atoms with Crippen LogP contribution in [0.15, 0.2) is 48.5 Å². The summed E-state index contributed by atoms with van der Waals surface area (Å²) in [5.41, 5.74) is -2.94. The second kappa shape index (κ2) is 10.1. The summed E-state index contributed by atoms with van der Waals surface area (Å²) < 4.78 is 80.0. The van der Waals surface area contributed by atoms with Crippen molar-refractivity contribution in [2.45, 2.75) is 16.4 Å². The molecule has 1 saturated carbocycles. The van der Waals surface area contributed by atoms with Crippen molar-refractivity contribution in [2.75, 3.05) is 10.6 Å². The van der Waals surface area contributed by atoms with Gasteiger partial charge in [0.15, 0.2) is 0 Å². The first-order valence-corrected chi connectivity index (χ1v) is 11.9. The van der Waals surface area contributed by atoms with E-state index < -0.39 is 79.1 Å². The summed E-state index contributed by atoms with van der Waals surface area (Å²) in [6, 6.07) is 7.03. The molecule has 2 atom stereocenters. The molecule has 3 aromatic carbocycles. The molecule has 0 heterocycles. The number of rotatable bonds is 5. The number of alkyl halides is 5. The predicted molar refractivity (Wildman–Crippen MR) is 131 cm³/mol. The molecule has 4 rings (SSSR count). The molecule has 0 aromatic heterocycles. The van der Waals surface area contributed by atoms with Crippen molar-refractivity contribution in [3.8, 4) is 0 Å². The van der Waals surface area contributed by atoms with Crippen LogP contribution < -0.4 is 10.6 Å². The topological polar surface area (TPSA) is 58.2 Å². The highest BCUT2D eigenvalue weighted by atomic mass is 35.5. The lowest BCUT2D eigenvalue weighted by Crippen LogP contribution is -2.20. The van der Waals surface area contributed by atoms with Crippen LogP contribution in [0.4, 0.5) is 37.7 Å². The van der Waals surface area contributed by atoms with Gasteiger partial charge in [0.2, 0.25) is 5.91 Å². The van der Waals surface area contributed by atoms with Crippen molar-refractivity contribution >= 4 is 69.6 Å². The Hall–Kier alpha value is -2.66. The maximum Gasteiger partial charge on any atom is 0.417 e. The maximum absolute atomic E-state index is 14.0. The molecule has 0 aliphatic heterocycles. The van der Waals surface area contributed by atoms with E-state index in [4.69, 9.17) is 46.4 Å². The smallest absolute Gasteiger partial charge is 0.326 e. The van der Waals surface area contributed by atoms with Crippen LogP contribution in [0.25, 0.3) is 0 Å². The number of hydrogen-bond acceptors (Lipinski definition) is 2. The van der Waals surface area contributed by atoms with Gasteiger partial charge in [-0.3, -0.25) is 9.59 Å². The number of benzene rings is 3. The molecule has 1 aliphatic carbocycles. The Balaban J connectivity index is 1.64. The lowest BCUT2D eigenvalue weighted by molar-refractivity contribution is -0.137. The highest BCUT2D eigenvalue weighted by Gasteiger charge is 2.67. The van der Waals surface area contributed by atoms with Crippen molar-refractivity contribution in [1.29, 1.82) is 0 Å². The third-order valence-electron chi connectivity index (χ3n) is 5.71. The Morgan fingerprint density at radius 2 is 1.55 bits per heavy atom. The highest BCUT2D eigenvalue weighted by molar-refractivity contribution is 6.53. The van der Waals surface area contributed by atoms with Crippen molar-refractivity contribution in [3.05, 3.63) is 92.7 Å². The summed E-state index contributed by atoms with van der Waals surface area (Å²) >= 11 is 24.1. The second-order valence-electron chi connectivity index (χ2n) is 8.25. The SMILES string of the molecule is O=C(Nc1ccc(F)cc1F)c1cc(NC(=O)C2C(c3ccc(F)c(Cl)c3)C2(Cl)Cl)cc(C(F)(F)F)c1Cl. The number of amides is 2. The normalized spacial score (nSPS) is 18.2. The lowest BCUT2D eigenvalue weighted by atomic mass is 10.1. The highest BCUT2D eigenvalue weighted by Crippen LogP contribution is 2.65. The maximum atomic E-state index is 14.0. The first-order chi connectivity index (χ1) is 17.6. The van der Waals surface area contributed by atoms with Gasteiger partial charge in [-0.25, -0.2) is 13.2 Å². The Bertz CT molecular complexity index is 1460. The van der Waals surface area contributed by atoms with Gasteiger partial charge in [-0.05, 0) is 42.0 Å². The minimum absolute atomic E-state index is 0.251. The summed E-state index contributed by atoms with van der Waals surface area (Å²) in [7, 11) is 0. The van der Waals surface area contributed by atoms with Gasteiger partial charge in [0, 0.05) is 17.7 Å². The molecule has 2 amide bonds.